The Balaban J connectivity index is 1.69. The third-order valence-corrected chi connectivity index (χ3v) is 6.06. The summed E-state index contributed by atoms with van der Waals surface area (Å²) in [6.45, 7) is 3.32. The summed E-state index contributed by atoms with van der Waals surface area (Å²) in [6, 6.07) is 11.9. The normalized spacial score (nSPS) is 12.2. The minimum atomic E-state index is -0.938. The number of carbonyl (C=O) groups is 1. The number of halogens is 2. The fourth-order valence-corrected chi connectivity index (χ4v) is 4.17. The Morgan fingerprint density at radius 1 is 1.12 bits per heavy atom. The average molecular weight is 456 g/mol. The minimum absolute atomic E-state index is 0.194. The molecule has 0 fully saturated rings. The number of Topliss-reactive ketones (excluding diaryl/α,β-unsaturated/α-hetero) is 1. The van der Waals surface area contributed by atoms with E-state index >= 15 is 0 Å². The van der Waals surface area contributed by atoms with Crippen molar-refractivity contribution in [3.8, 4) is 11.4 Å². The molecule has 2 heterocycles. The van der Waals surface area contributed by atoms with Crippen molar-refractivity contribution in [2.24, 2.45) is 7.05 Å². The summed E-state index contributed by atoms with van der Waals surface area (Å²) in [6.07, 6.45) is 0. The quantitative estimate of drug-likeness (QED) is 0.327. The highest BCUT2D eigenvalue weighted by Crippen LogP contribution is 2.26. The third kappa shape index (κ3) is 3.75. The largest absolute Gasteiger partial charge is 0.297 e. The van der Waals surface area contributed by atoms with Gasteiger partial charge in [-0.2, -0.15) is 4.68 Å². The van der Waals surface area contributed by atoms with Gasteiger partial charge in [-0.3, -0.25) is 14.3 Å². The van der Waals surface area contributed by atoms with Gasteiger partial charge in [-0.05, 0) is 48.5 Å². The maximum Gasteiger partial charge on any atom is 0.297 e. The van der Waals surface area contributed by atoms with Gasteiger partial charge in [0.1, 0.15) is 11.6 Å². The highest BCUT2D eigenvalue weighted by Gasteiger charge is 2.26. The van der Waals surface area contributed by atoms with E-state index in [2.05, 4.69) is 15.5 Å². The molecule has 164 valence electrons. The summed E-state index contributed by atoms with van der Waals surface area (Å²) in [5.74, 6) is -2.25. The molecule has 4 aromatic rings. The first-order chi connectivity index (χ1) is 15.3. The van der Waals surface area contributed by atoms with Crippen LogP contribution in [-0.4, -0.2) is 40.6 Å². The number of rotatable bonds is 6. The number of para-hydroxylation sites is 1. The van der Waals surface area contributed by atoms with Crippen molar-refractivity contribution >= 4 is 17.5 Å². The molecular formula is C21H18F2N6O2S. The van der Waals surface area contributed by atoms with E-state index in [9.17, 15) is 18.4 Å². The smallest absolute Gasteiger partial charge is 0.293 e. The first-order valence-electron chi connectivity index (χ1n) is 9.58. The predicted molar refractivity (Wildman–Crippen MR) is 114 cm³/mol. The van der Waals surface area contributed by atoms with E-state index in [-0.39, 0.29) is 22.0 Å². The van der Waals surface area contributed by atoms with Gasteiger partial charge in [-0.1, -0.05) is 30.0 Å². The van der Waals surface area contributed by atoms with Crippen molar-refractivity contribution in [2.75, 3.05) is 0 Å². The summed E-state index contributed by atoms with van der Waals surface area (Å²) >= 11 is 0.975. The highest BCUT2D eigenvalue weighted by atomic mass is 32.2. The molecule has 0 radical (unpaired) electrons. The van der Waals surface area contributed by atoms with Crippen LogP contribution in [0.25, 0.3) is 11.4 Å². The van der Waals surface area contributed by atoms with Crippen molar-refractivity contribution in [1.82, 2.24) is 29.6 Å². The zero-order valence-corrected chi connectivity index (χ0v) is 18.2. The summed E-state index contributed by atoms with van der Waals surface area (Å²) < 4.78 is 31.7. The Morgan fingerprint density at radius 3 is 2.53 bits per heavy atom. The van der Waals surface area contributed by atoms with Gasteiger partial charge >= 0.3 is 0 Å². The summed E-state index contributed by atoms with van der Waals surface area (Å²) in [7, 11) is 1.74. The van der Waals surface area contributed by atoms with Gasteiger partial charge in [-0.25, -0.2) is 13.5 Å². The van der Waals surface area contributed by atoms with Crippen LogP contribution in [0.3, 0.4) is 0 Å². The average Bonchev–Trinajstić information content (AvgIpc) is 3.29. The topological polar surface area (TPSA) is 87.6 Å². The van der Waals surface area contributed by atoms with Crippen LogP contribution >= 0.6 is 11.8 Å². The lowest BCUT2D eigenvalue weighted by Gasteiger charge is -2.10. The molecule has 0 aliphatic carbocycles. The van der Waals surface area contributed by atoms with Gasteiger partial charge < -0.3 is 0 Å². The molecule has 0 N–H and O–H groups in total. The zero-order chi connectivity index (χ0) is 23.0. The van der Waals surface area contributed by atoms with Gasteiger partial charge in [0.2, 0.25) is 5.16 Å². The summed E-state index contributed by atoms with van der Waals surface area (Å²) in [5, 5.41) is 10.9. The van der Waals surface area contributed by atoms with Crippen LogP contribution in [0.1, 0.15) is 23.0 Å². The monoisotopic (exact) mass is 456 g/mol. The summed E-state index contributed by atoms with van der Waals surface area (Å²) in [4.78, 5) is 25.9. The number of thioether (sulfide) groups is 1. The fourth-order valence-electron chi connectivity index (χ4n) is 3.31. The van der Waals surface area contributed by atoms with Crippen molar-refractivity contribution in [2.45, 2.75) is 24.3 Å². The molecule has 0 amide bonds. The van der Waals surface area contributed by atoms with Crippen molar-refractivity contribution in [3.05, 3.63) is 81.8 Å². The summed E-state index contributed by atoms with van der Waals surface area (Å²) in [5.41, 5.74) is 0.946. The lowest BCUT2D eigenvalue weighted by molar-refractivity contribution is 0.0990. The first kappa shape index (κ1) is 21.6. The lowest BCUT2D eigenvalue weighted by Crippen LogP contribution is -2.22. The molecule has 2 aromatic heterocycles. The second-order valence-electron chi connectivity index (χ2n) is 7.03. The molecular weight excluding hydrogens is 438 g/mol. The predicted octanol–water partition coefficient (Wildman–Crippen LogP) is 3.10. The van der Waals surface area contributed by atoms with Crippen LogP contribution in [0.15, 0.2) is 58.5 Å². The van der Waals surface area contributed by atoms with Gasteiger partial charge in [0.05, 0.1) is 22.2 Å². The number of aromatic nitrogens is 6. The highest BCUT2D eigenvalue weighted by molar-refractivity contribution is 8.00. The molecule has 2 aromatic carbocycles. The second-order valence-corrected chi connectivity index (χ2v) is 8.34. The zero-order valence-electron chi connectivity index (χ0n) is 17.4. The van der Waals surface area contributed by atoms with Crippen molar-refractivity contribution in [1.29, 1.82) is 0 Å². The van der Waals surface area contributed by atoms with E-state index in [4.69, 9.17) is 0 Å². The van der Waals surface area contributed by atoms with Crippen molar-refractivity contribution < 1.29 is 13.6 Å². The fraction of sp³-hybridized carbons (Fsp3) is 0.190. The number of hydrogen-bond donors (Lipinski definition) is 0. The Hall–Kier alpha value is -3.60. The van der Waals surface area contributed by atoms with Crippen LogP contribution in [0.4, 0.5) is 8.78 Å². The SMILES string of the molecule is Cc1c(-n2nnnc2SC(C)C(=O)c2ccc(F)cc2F)c(=O)n(-c2ccccc2)n1C. The lowest BCUT2D eigenvalue weighted by atomic mass is 10.1. The van der Waals surface area contributed by atoms with Crippen LogP contribution in [0, 0.1) is 18.6 Å². The number of tetrazole rings is 1. The van der Waals surface area contributed by atoms with E-state index in [0.29, 0.717) is 17.4 Å². The molecule has 0 aliphatic heterocycles. The number of carbonyl (C=O) groups excluding carboxylic acids is 1. The maximum absolute atomic E-state index is 14.0. The van der Waals surface area contributed by atoms with E-state index < -0.39 is 22.7 Å². The van der Waals surface area contributed by atoms with E-state index in [0.717, 1.165) is 23.9 Å². The molecule has 1 atom stereocenters. The molecule has 0 saturated carbocycles. The molecule has 11 heteroatoms. The Kier molecular flexibility index (Phi) is 5.74. The van der Waals surface area contributed by atoms with Crippen LogP contribution in [-0.2, 0) is 7.05 Å². The van der Waals surface area contributed by atoms with E-state index in [1.807, 2.05) is 18.2 Å². The van der Waals surface area contributed by atoms with Crippen molar-refractivity contribution in [3.63, 3.8) is 0 Å². The van der Waals surface area contributed by atoms with Crippen LogP contribution in [0.5, 0.6) is 0 Å². The second kappa shape index (κ2) is 8.50. The molecule has 8 nitrogen and oxygen atoms in total. The molecule has 0 aliphatic rings. The van der Waals surface area contributed by atoms with E-state index in [1.165, 1.54) is 9.36 Å². The standard InChI is InChI=1S/C21H18F2N6O2S/c1-12-18(20(31)29(27(12)3)15-7-5-4-6-8-15)28-21(24-25-26-28)32-13(2)19(30)16-10-9-14(22)11-17(16)23/h4-11,13H,1-3H3. The maximum atomic E-state index is 14.0. The van der Waals surface area contributed by atoms with Gasteiger partial charge in [-0.15, -0.1) is 5.10 Å². The Morgan fingerprint density at radius 2 is 1.84 bits per heavy atom. The van der Waals surface area contributed by atoms with Crippen LogP contribution in [0.2, 0.25) is 0 Å². The molecule has 4 rings (SSSR count). The number of ketones is 1. The number of benzene rings is 2. The van der Waals surface area contributed by atoms with Gasteiger partial charge in [0, 0.05) is 13.1 Å². The number of nitrogens with zero attached hydrogens (tertiary/aromatic N) is 6. The van der Waals surface area contributed by atoms with Crippen LogP contribution < -0.4 is 5.56 Å². The minimum Gasteiger partial charge on any atom is -0.293 e. The Bertz CT molecular complexity index is 1360. The van der Waals surface area contributed by atoms with Gasteiger partial charge in [0.25, 0.3) is 5.56 Å². The number of hydrogen-bond acceptors (Lipinski definition) is 6. The molecule has 1 unspecified atom stereocenters. The third-order valence-electron chi connectivity index (χ3n) is 5.02. The molecule has 0 saturated heterocycles. The molecule has 0 spiro atoms. The molecule has 32 heavy (non-hydrogen) atoms. The Labute approximate surface area is 185 Å². The van der Waals surface area contributed by atoms with E-state index in [1.54, 1.807) is 37.7 Å². The molecule has 0 bridgehead atoms. The van der Waals surface area contributed by atoms with Gasteiger partial charge in [0.15, 0.2) is 11.5 Å². The first-order valence-corrected chi connectivity index (χ1v) is 10.5.